The summed E-state index contributed by atoms with van der Waals surface area (Å²) < 4.78 is 13.5. The SMILES string of the molecule is N#Cc1c(F)cccc1NCCc1nc2c(s1)CCCC2. The summed E-state index contributed by atoms with van der Waals surface area (Å²) in [5, 5.41) is 13.3. The smallest absolute Gasteiger partial charge is 0.143 e. The Bertz CT molecular complexity index is 664. The van der Waals surface area contributed by atoms with Crippen molar-refractivity contribution in [2.24, 2.45) is 0 Å². The highest BCUT2D eigenvalue weighted by Crippen LogP contribution is 2.27. The maximum Gasteiger partial charge on any atom is 0.143 e. The molecule has 1 aliphatic carbocycles. The highest BCUT2D eigenvalue weighted by Gasteiger charge is 2.15. The molecule has 21 heavy (non-hydrogen) atoms. The number of aromatic nitrogens is 1. The lowest BCUT2D eigenvalue weighted by molar-refractivity contribution is 0.624. The normalized spacial score (nSPS) is 13.5. The van der Waals surface area contributed by atoms with Gasteiger partial charge in [-0.05, 0) is 37.8 Å². The lowest BCUT2D eigenvalue weighted by Gasteiger charge is -2.07. The van der Waals surface area contributed by atoms with Gasteiger partial charge >= 0.3 is 0 Å². The van der Waals surface area contributed by atoms with E-state index < -0.39 is 5.82 Å². The minimum atomic E-state index is -0.479. The second-order valence-corrected chi connectivity index (χ2v) is 6.30. The van der Waals surface area contributed by atoms with Crippen molar-refractivity contribution in [3.05, 3.63) is 45.2 Å². The van der Waals surface area contributed by atoms with E-state index in [2.05, 4.69) is 10.3 Å². The van der Waals surface area contributed by atoms with E-state index in [4.69, 9.17) is 5.26 Å². The van der Waals surface area contributed by atoms with Crippen LogP contribution >= 0.6 is 11.3 Å². The van der Waals surface area contributed by atoms with E-state index in [-0.39, 0.29) is 5.56 Å². The number of nitrogens with one attached hydrogen (secondary N) is 1. The topological polar surface area (TPSA) is 48.7 Å². The van der Waals surface area contributed by atoms with Gasteiger partial charge in [-0.15, -0.1) is 11.3 Å². The van der Waals surface area contributed by atoms with E-state index >= 15 is 0 Å². The van der Waals surface area contributed by atoms with Crippen molar-refractivity contribution < 1.29 is 4.39 Å². The van der Waals surface area contributed by atoms with Crippen molar-refractivity contribution in [1.29, 1.82) is 5.26 Å². The van der Waals surface area contributed by atoms with Crippen LogP contribution < -0.4 is 5.32 Å². The van der Waals surface area contributed by atoms with Crippen molar-refractivity contribution in [2.75, 3.05) is 11.9 Å². The molecule has 0 bridgehead atoms. The minimum Gasteiger partial charge on any atom is -0.383 e. The molecular formula is C16H16FN3S. The van der Waals surface area contributed by atoms with Crippen LogP contribution in [-0.2, 0) is 19.3 Å². The Hall–Kier alpha value is -1.93. The number of nitrogens with zero attached hydrogens (tertiary/aromatic N) is 2. The highest BCUT2D eigenvalue weighted by molar-refractivity contribution is 7.11. The predicted octanol–water partition coefficient (Wildman–Crippen LogP) is 3.69. The summed E-state index contributed by atoms with van der Waals surface area (Å²) in [6, 6.07) is 6.55. The average Bonchev–Trinajstić information content (AvgIpc) is 2.90. The minimum absolute atomic E-state index is 0.0796. The molecule has 0 saturated carbocycles. The van der Waals surface area contributed by atoms with E-state index in [0.717, 1.165) is 24.3 Å². The summed E-state index contributed by atoms with van der Waals surface area (Å²) in [5.74, 6) is -0.479. The molecule has 1 aromatic carbocycles. The highest BCUT2D eigenvalue weighted by atomic mass is 32.1. The lowest BCUT2D eigenvalue weighted by atomic mass is 10.0. The quantitative estimate of drug-likeness (QED) is 0.937. The van der Waals surface area contributed by atoms with Crippen molar-refractivity contribution >= 4 is 17.0 Å². The van der Waals surface area contributed by atoms with Crippen molar-refractivity contribution in [3.8, 4) is 6.07 Å². The second kappa shape index (κ2) is 6.23. The third-order valence-corrected chi connectivity index (χ3v) is 4.89. The zero-order valence-corrected chi connectivity index (χ0v) is 12.5. The van der Waals surface area contributed by atoms with Crippen LogP contribution in [0, 0.1) is 17.1 Å². The van der Waals surface area contributed by atoms with Crippen LogP contribution in [0.25, 0.3) is 0 Å². The Kier molecular flexibility index (Phi) is 4.16. The first-order valence-corrected chi connectivity index (χ1v) is 7.99. The Morgan fingerprint density at radius 1 is 1.33 bits per heavy atom. The number of benzene rings is 1. The molecule has 1 N–H and O–H groups in total. The Morgan fingerprint density at radius 3 is 3.00 bits per heavy atom. The Labute approximate surface area is 127 Å². The molecule has 2 aromatic rings. The van der Waals surface area contributed by atoms with Crippen LogP contribution in [0.1, 0.15) is 34.0 Å². The molecule has 0 amide bonds. The first-order valence-electron chi connectivity index (χ1n) is 7.18. The summed E-state index contributed by atoms with van der Waals surface area (Å²) in [5.41, 5.74) is 1.90. The number of thiazole rings is 1. The van der Waals surface area contributed by atoms with Gasteiger partial charge in [0.15, 0.2) is 0 Å². The molecule has 5 heteroatoms. The van der Waals surface area contributed by atoms with Gasteiger partial charge in [0.1, 0.15) is 17.4 Å². The number of hydrogen-bond donors (Lipinski definition) is 1. The van der Waals surface area contributed by atoms with Gasteiger partial charge in [0.2, 0.25) is 0 Å². The third kappa shape index (κ3) is 3.06. The molecule has 1 aromatic heterocycles. The first kappa shape index (κ1) is 14.0. The second-order valence-electron chi connectivity index (χ2n) is 5.14. The number of hydrogen-bond acceptors (Lipinski definition) is 4. The fraction of sp³-hybridized carbons (Fsp3) is 0.375. The zero-order chi connectivity index (χ0) is 14.7. The standard InChI is InChI=1S/C16H16FN3S/c17-12-4-3-6-13(11(12)10-18)19-9-8-16-20-14-5-1-2-7-15(14)21-16/h3-4,6,19H,1-2,5,7-9H2. The van der Waals surface area contributed by atoms with Crippen molar-refractivity contribution in [2.45, 2.75) is 32.1 Å². The molecule has 3 rings (SSSR count). The number of rotatable bonds is 4. The molecule has 0 spiro atoms. The Morgan fingerprint density at radius 2 is 2.19 bits per heavy atom. The largest absolute Gasteiger partial charge is 0.383 e. The fourth-order valence-electron chi connectivity index (χ4n) is 2.60. The van der Waals surface area contributed by atoms with E-state index in [0.29, 0.717) is 12.2 Å². The van der Waals surface area contributed by atoms with Crippen molar-refractivity contribution in [1.82, 2.24) is 4.98 Å². The van der Waals surface area contributed by atoms with Crippen LogP contribution in [0.15, 0.2) is 18.2 Å². The number of nitriles is 1. The summed E-state index contributed by atoms with van der Waals surface area (Å²) in [6.07, 6.45) is 5.56. The molecule has 1 aliphatic rings. The van der Waals surface area contributed by atoms with Crippen LogP contribution in [0.5, 0.6) is 0 Å². The number of fused-ring (bicyclic) bond motifs is 1. The van der Waals surface area contributed by atoms with Gasteiger partial charge in [0, 0.05) is 17.8 Å². The molecule has 0 saturated heterocycles. The zero-order valence-electron chi connectivity index (χ0n) is 11.7. The molecule has 0 aliphatic heterocycles. The van der Waals surface area contributed by atoms with Gasteiger partial charge in [-0.1, -0.05) is 6.07 Å². The summed E-state index contributed by atoms with van der Waals surface area (Å²) >= 11 is 1.79. The molecule has 3 nitrogen and oxygen atoms in total. The van der Waals surface area contributed by atoms with Gasteiger partial charge in [0.05, 0.1) is 16.4 Å². The van der Waals surface area contributed by atoms with Crippen LogP contribution in [0.4, 0.5) is 10.1 Å². The van der Waals surface area contributed by atoms with Gasteiger partial charge in [-0.2, -0.15) is 5.26 Å². The van der Waals surface area contributed by atoms with Gasteiger partial charge in [-0.25, -0.2) is 9.37 Å². The Balaban J connectivity index is 1.63. The van der Waals surface area contributed by atoms with Gasteiger partial charge in [-0.3, -0.25) is 0 Å². The summed E-state index contributed by atoms with van der Waals surface area (Å²) in [4.78, 5) is 6.11. The number of aryl methyl sites for hydroxylation is 2. The predicted molar refractivity (Wildman–Crippen MR) is 82.1 cm³/mol. The van der Waals surface area contributed by atoms with Gasteiger partial charge in [0.25, 0.3) is 0 Å². The van der Waals surface area contributed by atoms with E-state index in [1.54, 1.807) is 23.5 Å². The molecule has 0 atom stereocenters. The fourth-order valence-corrected chi connectivity index (χ4v) is 3.76. The molecule has 1 heterocycles. The lowest BCUT2D eigenvalue weighted by Crippen LogP contribution is -2.07. The molecular weight excluding hydrogens is 285 g/mol. The third-order valence-electron chi connectivity index (χ3n) is 3.67. The maximum absolute atomic E-state index is 13.5. The molecule has 108 valence electrons. The monoisotopic (exact) mass is 301 g/mol. The number of halogens is 1. The van der Waals surface area contributed by atoms with Crippen LogP contribution in [0.3, 0.4) is 0 Å². The molecule has 0 unspecified atom stereocenters. The first-order chi connectivity index (χ1) is 10.3. The van der Waals surface area contributed by atoms with Gasteiger partial charge < -0.3 is 5.32 Å². The number of anilines is 1. The summed E-state index contributed by atoms with van der Waals surface area (Å²) in [7, 11) is 0. The van der Waals surface area contributed by atoms with E-state index in [1.807, 2.05) is 6.07 Å². The molecule has 0 radical (unpaired) electrons. The summed E-state index contributed by atoms with van der Waals surface area (Å²) in [6.45, 7) is 0.657. The maximum atomic E-state index is 13.5. The van der Waals surface area contributed by atoms with Crippen LogP contribution in [-0.4, -0.2) is 11.5 Å². The van der Waals surface area contributed by atoms with Crippen LogP contribution in [0.2, 0.25) is 0 Å². The van der Waals surface area contributed by atoms with E-state index in [1.165, 1.54) is 29.5 Å². The van der Waals surface area contributed by atoms with E-state index in [9.17, 15) is 4.39 Å². The average molecular weight is 301 g/mol. The van der Waals surface area contributed by atoms with Crippen molar-refractivity contribution in [3.63, 3.8) is 0 Å². The molecule has 0 fully saturated rings.